The van der Waals surface area contributed by atoms with E-state index < -0.39 is 5.41 Å². The molecule has 2 aliphatic heterocycles. The molecule has 0 spiro atoms. The number of nitrogens with one attached hydrogen (secondary N) is 2. The molecule has 17 aromatic rings. The molecular formula is C117H109N9O10. The van der Waals surface area contributed by atoms with Gasteiger partial charge in [0.25, 0.3) is 0 Å². The first-order valence-corrected chi connectivity index (χ1v) is 44.2. The minimum Gasteiger partial charge on any atom is -0.491 e. The number of aromatic amines is 2. The minimum absolute atomic E-state index is 0. The summed E-state index contributed by atoms with van der Waals surface area (Å²) >= 11 is 0. The van der Waals surface area contributed by atoms with Gasteiger partial charge < -0.3 is 52.9 Å². The van der Waals surface area contributed by atoms with Gasteiger partial charge in [0.05, 0.1) is 29.8 Å². The highest BCUT2D eigenvalue weighted by atomic mass is 16.6. The number of ketones is 2. The lowest BCUT2D eigenvalue weighted by Gasteiger charge is -2.34. The van der Waals surface area contributed by atoms with E-state index in [-0.39, 0.29) is 51.6 Å². The number of hydrogen-bond acceptors (Lipinski definition) is 17. The summed E-state index contributed by atoms with van der Waals surface area (Å²) in [6.07, 6.45) is 4.45. The number of aromatic nitrogens is 8. The van der Waals surface area contributed by atoms with Crippen LogP contribution in [-0.2, 0) is 34.0 Å². The molecule has 136 heavy (non-hydrogen) atoms. The number of rotatable bonds is 21. The number of carbonyl (C=O) groups is 4. The van der Waals surface area contributed by atoms with E-state index >= 15 is 0 Å². The maximum Gasteiger partial charge on any atom is 0.338 e. The molecular weight excluding hydrogens is 1690 g/mol. The highest BCUT2D eigenvalue weighted by Gasteiger charge is 2.46. The summed E-state index contributed by atoms with van der Waals surface area (Å²) in [7, 11) is 3.23. The average Bonchev–Trinajstić information content (AvgIpc) is 1.53. The van der Waals surface area contributed by atoms with Gasteiger partial charge in [0.15, 0.2) is 23.3 Å². The molecule has 20 rings (SSSR count). The van der Waals surface area contributed by atoms with Gasteiger partial charge in [0.1, 0.15) is 72.1 Å². The van der Waals surface area contributed by atoms with Crippen molar-refractivity contribution in [1.82, 2.24) is 39.9 Å². The topological polar surface area (TPSA) is 236 Å². The molecule has 0 saturated carbocycles. The summed E-state index contributed by atoms with van der Waals surface area (Å²) in [6.45, 7) is 12.6. The molecule has 5 heterocycles. The maximum absolute atomic E-state index is 12.2. The first-order chi connectivity index (χ1) is 65.5. The molecule has 14 aromatic carbocycles. The van der Waals surface area contributed by atoms with Crippen LogP contribution in [-0.4, -0.2) is 117 Å². The van der Waals surface area contributed by atoms with Gasteiger partial charge in [-0.05, 0) is 176 Å². The van der Waals surface area contributed by atoms with E-state index in [9.17, 15) is 19.2 Å². The number of Topliss-reactive ketones (excluding diaryl/α,β-unsaturated/α-hetero) is 2. The lowest BCUT2D eigenvalue weighted by molar-refractivity contribution is -0.115. The number of fused-ring (bicyclic) bond motifs is 23. The molecule has 0 atom stereocenters. The van der Waals surface area contributed by atoms with E-state index in [1.807, 2.05) is 152 Å². The highest BCUT2D eigenvalue weighted by Crippen LogP contribution is 2.56. The predicted molar refractivity (Wildman–Crippen MR) is 548 cm³/mol. The van der Waals surface area contributed by atoms with Gasteiger partial charge in [-0.3, -0.25) is 0 Å². The molecule has 0 amide bonds. The number of ether oxygens (including phenoxy) is 6. The zero-order valence-corrected chi connectivity index (χ0v) is 75.8. The fourth-order valence-corrected chi connectivity index (χ4v) is 15.9. The Bertz CT molecular complexity index is 6750. The summed E-state index contributed by atoms with van der Waals surface area (Å²) in [5, 5.41) is 3.82. The summed E-state index contributed by atoms with van der Waals surface area (Å²) in [5.74, 6) is 3.58. The summed E-state index contributed by atoms with van der Waals surface area (Å²) < 4.78 is 32.0. The number of hydrogen-bond donors (Lipinski definition) is 2. The second-order valence-electron chi connectivity index (χ2n) is 32.0. The van der Waals surface area contributed by atoms with Gasteiger partial charge in [-0.25, -0.2) is 39.5 Å². The SMILES string of the molecule is C.C.CC(C)=CN(c1ccccc1)c1ccc(C=C(c2ccccc2)c2ccccc2)cc1.CC(C)=O.CC(C)=O.COCCOC(=O)c1ccccc1.COCCOc1ccc(C2(c3ccc(OCCOC(=O)c4ccccc4)cc3)c3ccccc3-c3ccccc32)cc1.c1ccc2c(c1)-c1nc-2nc2[nH]c(nc3nc(nc4[nH]c(n1)c1ccccc41)-c1ccccc1-3)c1ccccc21. The smallest absolute Gasteiger partial charge is 0.338 e. The fourth-order valence-electron chi connectivity index (χ4n) is 15.9. The van der Waals surface area contributed by atoms with Crippen molar-refractivity contribution in [2.75, 3.05) is 58.8 Å². The predicted octanol–water partition coefficient (Wildman–Crippen LogP) is 26.5. The maximum atomic E-state index is 12.2. The minimum atomic E-state index is -0.512. The summed E-state index contributed by atoms with van der Waals surface area (Å²) in [6, 6.07) is 124. The molecule has 2 N–H and O–H groups in total. The summed E-state index contributed by atoms with van der Waals surface area (Å²) in [4.78, 5) is 81.3. The van der Waals surface area contributed by atoms with E-state index in [1.165, 1.54) is 77.8 Å². The molecule has 19 nitrogen and oxygen atoms in total. The van der Waals surface area contributed by atoms with E-state index in [0.717, 1.165) is 72.0 Å². The Kier molecular flexibility index (Phi) is 33.6. The monoisotopic (exact) mass is 1800 g/mol. The first kappa shape index (κ1) is 97.1. The van der Waals surface area contributed by atoms with Crippen LogP contribution in [0.4, 0.5) is 11.4 Å². The number of benzene rings is 14. The van der Waals surface area contributed by atoms with Crippen LogP contribution in [0.5, 0.6) is 11.5 Å². The van der Waals surface area contributed by atoms with Gasteiger partial charge in [-0.1, -0.05) is 318 Å². The van der Waals surface area contributed by atoms with Crippen molar-refractivity contribution in [3.63, 3.8) is 0 Å². The first-order valence-electron chi connectivity index (χ1n) is 44.2. The Balaban J connectivity index is 0.000000156. The standard InChI is InChI=1S/C37H32O5.C32H18N8.C30H27N.C10H12O3.2C3H6O.2CH4/c1-39-23-24-40-30-19-15-28(16-20-30)37(34-13-7-5-11-32(34)33-12-6-8-14-35(33)37)29-17-21-31(22-18-29)41-25-26-42-36(38)27-9-3-2-4-10-27;1-2-10-18-17(9-1)25-33-26(18)38-28-21-13-5-6-14-22(21)30(35-28)40-32-24-16-8-7-15-23(24)31(36-32)39-29-20-12-4-3-11-19(20)27(34-29)37-25;1-24(2)23-31(28-16-10-5-11-17-28)29-20-18-25(19-21-29)22-30(26-12-6-3-7-13-26)27-14-8-4-9-15-27;1-12-7-8-13-10(11)9-5-3-2-4-6-9;2*1-3(2)4;;/h2-22H,23-26H2,1H3;1-16H,(H2,33,34,35,36,37,38,39,40);3-23H,1-2H3;2-6H,7-8H2,1H3;2*1-2H3;2*1H4. The Labute approximate surface area is 794 Å². The van der Waals surface area contributed by atoms with Gasteiger partial charge in [0.2, 0.25) is 0 Å². The Morgan fingerprint density at radius 3 is 0.941 bits per heavy atom. The third-order valence-electron chi connectivity index (χ3n) is 21.7. The van der Waals surface area contributed by atoms with Crippen molar-refractivity contribution in [2.45, 2.75) is 61.8 Å². The van der Waals surface area contributed by atoms with Crippen molar-refractivity contribution in [3.8, 4) is 68.2 Å². The Hall–Kier alpha value is -16.5. The average molecular weight is 1800 g/mol. The molecule has 8 bridgehead atoms. The number of para-hydroxylation sites is 1. The molecule has 1 aliphatic carbocycles. The summed E-state index contributed by atoms with van der Waals surface area (Å²) in [5.41, 5.74) is 22.6. The fraction of sp³-hybridized carbons (Fsp3) is 0.145. The van der Waals surface area contributed by atoms with Crippen molar-refractivity contribution in [2.24, 2.45) is 0 Å². The van der Waals surface area contributed by atoms with Crippen LogP contribution in [0.15, 0.2) is 382 Å². The van der Waals surface area contributed by atoms with Crippen molar-refractivity contribution < 1.29 is 47.6 Å². The van der Waals surface area contributed by atoms with Crippen molar-refractivity contribution >= 4 is 90.7 Å². The number of carbonyl (C=O) groups excluding carboxylic acids is 4. The third kappa shape index (κ3) is 23.5. The molecule has 3 aliphatic rings. The lowest BCUT2D eigenvalue weighted by atomic mass is 9.68. The lowest BCUT2D eigenvalue weighted by Crippen LogP contribution is -2.28. The molecule has 3 aromatic heterocycles. The van der Waals surface area contributed by atoms with Crippen molar-refractivity contribution in [3.05, 3.63) is 432 Å². The van der Waals surface area contributed by atoms with Crippen LogP contribution >= 0.6 is 0 Å². The van der Waals surface area contributed by atoms with Gasteiger partial charge in [-0.2, -0.15) is 0 Å². The highest BCUT2D eigenvalue weighted by molar-refractivity contribution is 6.07. The zero-order chi connectivity index (χ0) is 93.1. The quantitative estimate of drug-likeness (QED) is 0.0386. The largest absolute Gasteiger partial charge is 0.491 e. The molecule has 19 heteroatoms. The molecule has 0 saturated heterocycles. The van der Waals surface area contributed by atoms with Crippen LogP contribution < -0.4 is 14.4 Å². The second kappa shape index (κ2) is 47.1. The number of nitrogens with zero attached hydrogens (tertiary/aromatic N) is 7. The van der Waals surface area contributed by atoms with E-state index in [2.05, 4.69) is 223 Å². The number of allylic oxidation sites excluding steroid dienone is 1. The van der Waals surface area contributed by atoms with Crippen LogP contribution in [0.3, 0.4) is 0 Å². The van der Waals surface area contributed by atoms with E-state index in [0.29, 0.717) is 89.2 Å². The van der Waals surface area contributed by atoms with Crippen LogP contribution in [0.1, 0.15) is 116 Å². The van der Waals surface area contributed by atoms with Gasteiger partial charge in [-0.15, -0.1) is 0 Å². The van der Waals surface area contributed by atoms with Gasteiger partial charge in [0, 0.05) is 75.6 Å². The molecule has 0 radical (unpaired) electrons. The Morgan fingerprint density at radius 1 is 0.309 bits per heavy atom. The van der Waals surface area contributed by atoms with Gasteiger partial charge >= 0.3 is 11.9 Å². The number of methoxy groups -OCH3 is 2. The second-order valence-corrected chi connectivity index (χ2v) is 32.0. The molecule has 0 unspecified atom stereocenters. The molecule has 0 fully saturated rings. The van der Waals surface area contributed by atoms with Crippen LogP contribution in [0.25, 0.3) is 112 Å². The van der Waals surface area contributed by atoms with E-state index in [4.69, 9.17) is 58.3 Å². The molecule has 682 valence electrons. The number of anilines is 2. The van der Waals surface area contributed by atoms with Crippen molar-refractivity contribution in [1.29, 1.82) is 0 Å². The normalized spacial score (nSPS) is 11.1. The third-order valence-corrected chi connectivity index (χ3v) is 21.7. The number of H-pyrrole nitrogens is 2. The Morgan fingerprint density at radius 2 is 0.596 bits per heavy atom. The van der Waals surface area contributed by atoms with Crippen LogP contribution in [0.2, 0.25) is 0 Å². The van der Waals surface area contributed by atoms with E-state index in [1.54, 1.807) is 50.6 Å². The zero-order valence-electron chi connectivity index (χ0n) is 75.8. The number of esters is 2. The van der Waals surface area contributed by atoms with Crippen LogP contribution in [0, 0.1) is 0 Å².